The first-order valence-electron chi connectivity index (χ1n) is 13.9. The maximum atomic E-state index is 12.9. The SMILES string of the molecule is C=CNCCCC[C@H](NC)C(=O)NCCCC[C@H](NC(=O)C(CCCC[NH+]=CN)NC)C(=O)NCCC(N)=O. The molecule has 224 valence electrons. The lowest BCUT2D eigenvalue weighted by Gasteiger charge is -2.22. The van der Waals surface area contributed by atoms with E-state index in [1.54, 1.807) is 20.3 Å². The number of primary amides is 1. The van der Waals surface area contributed by atoms with Gasteiger partial charge >= 0.3 is 0 Å². The van der Waals surface area contributed by atoms with Crippen molar-refractivity contribution in [2.75, 3.05) is 40.3 Å². The van der Waals surface area contributed by atoms with Crippen LogP contribution in [0, 0.1) is 0 Å². The van der Waals surface area contributed by atoms with E-state index in [1.165, 1.54) is 6.34 Å². The molecular weight excluding hydrogens is 502 g/mol. The van der Waals surface area contributed by atoms with E-state index < -0.39 is 18.0 Å². The molecule has 0 spiro atoms. The van der Waals surface area contributed by atoms with Crippen LogP contribution in [0.4, 0.5) is 0 Å². The highest BCUT2D eigenvalue weighted by atomic mass is 16.2. The standard InChI is InChI=1S/C26H51N9O4/c1-4-31-15-8-5-11-20(29-2)24(37)33-17-10-7-13-22(25(38)34-18-14-23(28)36)35-26(39)21(30-3)12-6-9-16-32-19-27/h4,19-22,29-31H,1,5-18H2,2-3H3,(H2,27,32)(H2,28,36)(H,33,37)(H,34,38)(H,35,39)/p+1/t20-,21?,22-/m0/s1. The number of amides is 4. The van der Waals surface area contributed by atoms with Gasteiger partial charge in [0, 0.05) is 26.1 Å². The smallest absolute Gasteiger partial charge is 0.242 e. The summed E-state index contributed by atoms with van der Waals surface area (Å²) < 4.78 is 0. The number of nitrogens with one attached hydrogen (secondary N) is 7. The number of hydrogen-bond acceptors (Lipinski definition) is 7. The van der Waals surface area contributed by atoms with E-state index in [9.17, 15) is 19.2 Å². The van der Waals surface area contributed by atoms with Crippen LogP contribution in [0.1, 0.15) is 64.2 Å². The van der Waals surface area contributed by atoms with Crippen LogP contribution in [0.3, 0.4) is 0 Å². The van der Waals surface area contributed by atoms with Gasteiger partial charge in [-0.05, 0) is 78.1 Å². The summed E-state index contributed by atoms with van der Waals surface area (Å²) in [6, 6.07) is -1.47. The minimum atomic E-state index is -0.764. The summed E-state index contributed by atoms with van der Waals surface area (Å²) in [7, 11) is 3.47. The summed E-state index contributed by atoms with van der Waals surface area (Å²) in [5, 5.41) is 17.6. The molecule has 4 amide bonds. The van der Waals surface area contributed by atoms with Crippen molar-refractivity contribution in [1.29, 1.82) is 0 Å². The summed E-state index contributed by atoms with van der Waals surface area (Å²) in [6.07, 6.45) is 9.55. The van der Waals surface area contributed by atoms with Gasteiger partial charge in [0.15, 0.2) is 0 Å². The molecule has 11 N–H and O–H groups in total. The molecule has 1 unspecified atom stereocenters. The molecule has 0 aromatic carbocycles. The number of carbonyl (C=O) groups is 4. The van der Waals surface area contributed by atoms with Crippen molar-refractivity contribution in [2.45, 2.75) is 82.3 Å². The number of hydrogen-bond donors (Lipinski definition) is 9. The summed E-state index contributed by atoms with van der Waals surface area (Å²) in [6.45, 7) is 5.73. The summed E-state index contributed by atoms with van der Waals surface area (Å²) in [4.78, 5) is 52.1. The van der Waals surface area contributed by atoms with Gasteiger partial charge in [0.1, 0.15) is 6.04 Å². The van der Waals surface area contributed by atoms with E-state index in [1.807, 2.05) is 0 Å². The predicted octanol–water partition coefficient (Wildman–Crippen LogP) is -2.93. The Morgan fingerprint density at radius 2 is 1.31 bits per heavy atom. The Morgan fingerprint density at radius 1 is 0.769 bits per heavy atom. The highest BCUT2D eigenvalue weighted by Crippen LogP contribution is 2.06. The highest BCUT2D eigenvalue weighted by Gasteiger charge is 2.24. The molecule has 0 aliphatic carbocycles. The Balaban J connectivity index is 4.74. The molecule has 0 saturated carbocycles. The highest BCUT2D eigenvalue weighted by molar-refractivity contribution is 5.90. The topological polar surface area (TPSA) is 206 Å². The molecule has 0 bridgehead atoms. The van der Waals surface area contributed by atoms with Gasteiger partial charge in [0.25, 0.3) is 0 Å². The van der Waals surface area contributed by atoms with Gasteiger partial charge in [-0.2, -0.15) is 0 Å². The Bertz CT molecular complexity index is 749. The molecular formula is C26H52N9O4+. The van der Waals surface area contributed by atoms with E-state index in [0.717, 1.165) is 45.2 Å². The molecule has 39 heavy (non-hydrogen) atoms. The normalized spacial score (nSPS) is 13.3. The number of unbranched alkanes of at least 4 members (excludes halogenated alkanes) is 3. The van der Waals surface area contributed by atoms with Crippen LogP contribution >= 0.6 is 0 Å². The fourth-order valence-electron chi connectivity index (χ4n) is 3.93. The first-order valence-corrected chi connectivity index (χ1v) is 13.9. The first-order chi connectivity index (χ1) is 18.8. The minimum Gasteiger partial charge on any atom is -0.391 e. The summed E-state index contributed by atoms with van der Waals surface area (Å²) >= 11 is 0. The lowest BCUT2D eigenvalue weighted by molar-refractivity contribution is -0.453. The van der Waals surface area contributed by atoms with Gasteiger partial charge in [-0.1, -0.05) is 6.58 Å². The molecule has 0 heterocycles. The Morgan fingerprint density at radius 3 is 1.90 bits per heavy atom. The van der Waals surface area contributed by atoms with Crippen LogP contribution in [-0.2, 0) is 19.2 Å². The lowest BCUT2D eigenvalue weighted by Crippen LogP contribution is -2.70. The fraction of sp³-hybridized carbons (Fsp3) is 0.731. The molecule has 0 aromatic heterocycles. The molecule has 13 nitrogen and oxygen atoms in total. The molecule has 0 aliphatic heterocycles. The van der Waals surface area contributed by atoms with Crippen LogP contribution in [0.25, 0.3) is 0 Å². The van der Waals surface area contributed by atoms with Crippen molar-refractivity contribution in [3.63, 3.8) is 0 Å². The second kappa shape index (κ2) is 23.9. The van der Waals surface area contributed by atoms with Crippen molar-refractivity contribution in [3.8, 4) is 0 Å². The average Bonchev–Trinajstić information content (AvgIpc) is 2.91. The second-order valence-electron chi connectivity index (χ2n) is 9.31. The van der Waals surface area contributed by atoms with Crippen LogP contribution in [0.15, 0.2) is 12.8 Å². The first kappa shape index (κ1) is 35.8. The molecule has 13 heteroatoms. The van der Waals surface area contributed by atoms with Gasteiger partial charge in [0.05, 0.1) is 18.6 Å². The van der Waals surface area contributed by atoms with E-state index in [0.29, 0.717) is 32.2 Å². The number of rotatable bonds is 25. The maximum absolute atomic E-state index is 12.9. The van der Waals surface area contributed by atoms with Gasteiger partial charge in [-0.15, -0.1) is 0 Å². The van der Waals surface area contributed by atoms with Gasteiger partial charge in [-0.3, -0.25) is 29.9 Å². The Hall–Kier alpha value is -3.19. The molecule has 0 fully saturated rings. The third kappa shape index (κ3) is 18.7. The summed E-state index contributed by atoms with van der Waals surface area (Å²) in [5.41, 5.74) is 10.5. The zero-order valence-electron chi connectivity index (χ0n) is 23.8. The van der Waals surface area contributed by atoms with Crippen molar-refractivity contribution >= 4 is 30.0 Å². The molecule has 0 radical (unpaired) electrons. The van der Waals surface area contributed by atoms with Crippen molar-refractivity contribution in [1.82, 2.24) is 31.9 Å². The third-order valence-corrected chi connectivity index (χ3v) is 6.24. The summed E-state index contributed by atoms with van der Waals surface area (Å²) in [5.74, 6) is -1.21. The van der Waals surface area contributed by atoms with Crippen LogP contribution in [-0.4, -0.2) is 88.4 Å². The molecule has 0 aromatic rings. The predicted molar refractivity (Wildman–Crippen MR) is 153 cm³/mol. The maximum Gasteiger partial charge on any atom is 0.242 e. The van der Waals surface area contributed by atoms with Gasteiger partial charge in [0.2, 0.25) is 30.0 Å². The second-order valence-corrected chi connectivity index (χ2v) is 9.31. The largest absolute Gasteiger partial charge is 0.391 e. The third-order valence-electron chi connectivity index (χ3n) is 6.24. The molecule has 0 aliphatic rings. The van der Waals surface area contributed by atoms with Crippen LogP contribution < -0.4 is 48.4 Å². The average molecular weight is 555 g/mol. The number of likely N-dealkylation sites (N-methyl/N-ethyl adjacent to an activating group) is 2. The molecule has 0 rings (SSSR count). The van der Waals surface area contributed by atoms with Crippen molar-refractivity contribution in [3.05, 3.63) is 12.8 Å². The lowest BCUT2D eigenvalue weighted by atomic mass is 10.1. The Kier molecular flexibility index (Phi) is 21.9. The quantitative estimate of drug-likeness (QED) is 0.0323. The van der Waals surface area contributed by atoms with Crippen LogP contribution in [0.5, 0.6) is 0 Å². The minimum absolute atomic E-state index is 0.0171. The van der Waals surface area contributed by atoms with Crippen molar-refractivity contribution < 1.29 is 24.2 Å². The van der Waals surface area contributed by atoms with E-state index >= 15 is 0 Å². The van der Waals surface area contributed by atoms with E-state index in [-0.39, 0.29) is 36.7 Å². The van der Waals surface area contributed by atoms with Crippen molar-refractivity contribution in [2.24, 2.45) is 11.5 Å². The van der Waals surface area contributed by atoms with E-state index in [4.69, 9.17) is 11.5 Å². The zero-order chi connectivity index (χ0) is 29.3. The van der Waals surface area contributed by atoms with E-state index in [2.05, 4.69) is 43.5 Å². The van der Waals surface area contributed by atoms with Crippen LogP contribution in [0.2, 0.25) is 0 Å². The monoisotopic (exact) mass is 554 g/mol. The number of nitrogens with two attached hydrogens (primary N) is 2. The zero-order valence-corrected chi connectivity index (χ0v) is 23.8. The van der Waals surface area contributed by atoms with Gasteiger partial charge in [-0.25, -0.2) is 0 Å². The molecule has 0 saturated heterocycles. The number of carbonyl (C=O) groups excluding carboxylic acids is 4. The van der Waals surface area contributed by atoms with Gasteiger partial charge < -0.3 is 37.6 Å². The molecule has 3 atom stereocenters. The fourth-order valence-corrected chi connectivity index (χ4v) is 3.93. The Labute approximate surface area is 233 Å².